The lowest BCUT2D eigenvalue weighted by Gasteiger charge is -2.11. The van der Waals surface area contributed by atoms with Crippen molar-refractivity contribution >= 4 is 15.9 Å². The van der Waals surface area contributed by atoms with E-state index >= 15 is 0 Å². The Morgan fingerprint density at radius 1 is 1.30 bits per heavy atom. The van der Waals surface area contributed by atoms with Crippen molar-refractivity contribution in [2.45, 2.75) is 37.8 Å². The molecule has 1 atom stereocenters. The Morgan fingerprint density at radius 3 is 2.40 bits per heavy atom. The number of hydrogen-bond donors (Lipinski definition) is 3. The smallest absolute Gasteiger partial charge is 0.240 e. The van der Waals surface area contributed by atoms with Gasteiger partial charge < -0.3 is 11.1 Å². The van der Waals surface area contributed by atoms with E-state index in [1.165, 1.54) is 19.1 Å². The second kappa shape index (κ2) is 7.37. The second-order valence-electron chi connectivity index (χ2n) is 4.57. The fourth-order valence-electron chi connectivity index (χ4n) is 1.46. The molecule has 0 saturated heterocycles. The number of benzene rings is 1. The maximum atomic E-state index is 12.0. The van der Waals surface area contributed by atoms with Crippen molar-refractivity contribution in [3.63, 3.8) is 0 Å². The first-order valence-corrected chi connectivity index (χ1v) is 7.92. The Kier molecular flexibility index (Phi) is 6.12. The van der Waals surface area contributed by atoms with Crippen LogP contribution in [0.3, 0.4) is 0 Å². The molecule has 1 aromatic rings. The minimum atomic E-state index is -3.53. The molecule has 0 heterocycles. The monoisotopic (exact) mass is 299 g/mol. The van der Waals surface area contributed by atoms with Gasteiger partial charge in [0.1, 0.15) is 0 Å². The summed E-state index contributed by atoms with van der Waals surface area (Å²) >= 11 is 0. The van der Waals surface area contributed by atoms with Gasteiger partial charge in [0.25, 0.3) is 0 Å². The zero-order chi connectivity index (χ0) is 15.2. The van der Waals surface area contributed by atoms with Crippen molar-refractivity contribution in [3.05, 3.63) is 29.8 Å². The van der Waals surface area contributed by atoms with Gasteiger partial charge in [0.05, 0.1) is 4.90 Å². The topological polar surface area (TPSA) is 101 Å². The molecule has 0 radical (unpaired) electrons. The SMILES string of the molecule is CCC(N)CNS(=O)(=O)c1ccc(CNC(C)=O)cc1. The van der Waals surface area contributed by atoms with Crippen LogP contribution in [-0.4, -0.2) is 26.9 Å². The number of sulfonamides is 1. The molecule has 0 aliphatic rings. The Hall–Kier alpha value is -1.44. The molecule has 4 N–H and O–H groups in total. The molecule has 6 nitrogen and oxygen atoms in total. The van der Waals surface area contributed by atoms with Crippen LogP contribution in [0.25, 0.3) is 0 Å². The number of carbonyl (C=O) groups excluding carboxylic acids is 1. The molecule has 7 heteroatoms. The first-order valence-electron chi connectivity index (χ1n) is 6.43. The molecule has 1 amide bonds. The predicted molar refractivity (Wildman–Crippen MR) is 77.4 cm³/mol. The van der Waals surface area contributed by atoms with Gasteiger partial charge >= 0.3 is 0 Å². The van der Waals surface area contributed by atoms with Crippen LogP contribution in [0.1, 0.15) is 25.8 Å². The first kappa shape index (κ1) is 16.6. The summed E-state index contributed by atoms with van der Waals surface area (Å²) in [7, 11) is -3.53. The molecule has 0 fully saturated rings. The third kappa shape index (κ3) is 5.28. The lowest BCUT2D eigenvalue weighted by atomic mass is 10.2. The van der Waals surface area contributed by atoms with Gasteiger partial charge in [0, 0.05) is 26.1 Å². The van der Waals surface area contributed by atoms with Gasteiger partial charge in [-0.2, -0.15) is 0 Å². The first-order chi connectivity index (χ1) is 9.35. The van der Waals surface area contributed by atoms with Gasteiger partial charge in [-0.25, -0.2) is 13.1 Å². The van der Waals surface area contributed by atoms with E-state index in [-0.39, 0.29) is 23.4 Å². The molecular formula is C13H21N3O3S. The van der Waals surface area contributed by atoms with E-state index in [2.05, 4.69) is 10.0 Å². The molecule has 0 bridgehead atoms. The van der Waals surface area contributed by atoms with E-state index in [0.29, 0.717) is 13.0 Å². The van der Waals surface area contributed by atoms with Gasteiger partial charge in [0.15, 0.2) is 0 Å². The summed E-state index contributed by atoms with van der Waals surface area (Å²) in [6.45, 7) is 3.92. The van der Waals surface area contributed by atoms with Crippen molar-refractivity contribution in [2.75, 3.05) is 6.54 Å². The second-order valence-corrected chi connectivity index (χ2v) is 6.34. The number of carbonyl (C=O) groups is 1. The van der Waals surface area contributed by atoms with Crippen molar-refractivity contribution in [3.8, 4) is 0 Å². The van der Waals surface area contributed by atoms with Crippen LogP contribution in [0.2, 0.25) is 0 Å². The molecule has 112 valence electrons. The normalized spacial score (nSPS) is 12.9. The number of nitrogens with two attached hydrogens (primary N) is 1. The Labute approximate surface area is 119 Å². The van der Waals surface area contributed by atoms with Crippen LogP contribution >= 0.6 is 0 Å². The Bertz CT molecular complexity index is 540. The highest BCUT2D eigenvalue weighted by Gasteiger charge is 2.14. The van der Waals surface area contributed by atoms with Crippen LogP contribution < -0.4 is 15.8 Å². The minimum Gasteiger partial charge on any atom is -0.352 e. The maximum Gasteiger partial charge on any atom is 0.240 e. The molecule has 0 aromatic heterocycles. The Morgan fingerprint density at radius 2 is 1.90 bits per heavy atom. The van der Waals surface area contributed by atoms with E-state index < -0.39 is 10.0 Å². The van der Waals surface area contributed by atoms with Gasteiger partial charge in [0.2, 0.25) is 15.9 Å². The summed E-state index contributed by atoms with van der Waals surface area (Å²) in [5, 5.41) is 2.65. The summed E-state index contributed by atoms with van der Waals surface area (Å²) in [5.41, 5.74) is 6.52. The van der Waals surface area contributed by atoms with Crippen LogP contribution in [0.5, 0.6) is 0 Å². The molecular weight excluding hydrogens is 278 g/mol. The van der Waals surface area contributed by atoms with E-state index in [1.54, 1.807) is 12.1 Å². The van der Waals surface area contributed by atoms with E-state index in [1.807, 2.05) is 6.92 Å². The number of rotatable bonds is 7. The summed E-state index contributed by atoms with van der Waals surface area (Å²) in [4.78, 5) is 11.0. The lowest BCUT2D eigenvalue weighted by molar-refractivity contribution is -0.119. The van der Waals surface area contributed by atoms with Crippen molar-refractivity contribution in [2.24, 2.45) is 5.73 Å². The summed E-state index contributed by atoms with van der Waals surface area (Å²) in [6, 6.07) is 6.17. The van der Waals surface area contributed by atoms with Crippen molar-refractivity contribution in [1.29, 1.82) is 0 Å². The highest BCUT2D eigenvalue weighted by Crippen LogP contribution is 2.10. The van der Waals surface area contributed by atoms with Crippen molar-refractivity contribution in [1.82, 2.24) is 10.0 Å². The van der Waals surface area contributed by atoms with E-state index in [4.69, 9.17) is 5.73 Å². The highest BCUT2D eigenvalue weighted by atomic mass is 32.2. The van der Waals surface area contributed by atoms with Crippen LogP contribution in [-0.2, 0) is 21.4 Å². The van der Waals surface area contributed by atoms with Gasteiger partial charge in [-0.05, 0) is 24.1 Å². The van der Waals surface area contributed by atoms with E-state index in [9.17, 15) is 13.2 Å². The zero-order valence-corrected chi connectivity index (χ0v) is 12.5. The number of amides is 1. The fourth-order valence-corrected chi connectivity index (χ4v) is 2.55. The molecule has 0 aliphatic heterocycles. The van der Waals surface area contributed by atoms with Crippen LogP contribution in [0, 0.1) is 0 Å². The van der Waals surface area contributed by atoms with Gasteiger partial charge in [-0.3, -0.25) is 4.79 Å². The average molecular weight is 299 g/mol. The molecule has 0 saturated carbocycles. The molecule has 0 spiro atoms. The zero-order valence-electron chi connectivity index (χ0n) is 11.7. The summed E-state index contributed by atoms with van der Waals surface area (Å²) in [5.74, 6) is -0.128. The summed E-state index contributed by atoms with van der Waals surface area (Å²) in [6.07, 6.45) is 0.707. The molecule has 1 unspecified atom stereocenters. The third-order valence-corrected chi connectivity index (χ3v) is 4.27. The molecule has 1 aromatic carbocycles. The highest BCUT2D eigenvalue weighted by molar-refractivity contribution is 7.89. The lowest BCUT2D eigenvalue weighted by Crippen LogP contribution is -2.36. The molecule has 1 rings (SSSR count). The third-order valence-electron chi connectivity index (χ3n) is 2.84. The molecule has 20 heavy (non-hydrogen) atoms. The van der Waals surface area contributed by atoms with Gasteiger partial charge in [-0.1, -0.05) is 19.1 Å². The largest absolute Gasteiger partial charge is 0.352 e. The predicted octanol–water partition coefficient (Wildman–Crippen LogP) is 0.338. The Balaban J connectivity index is 2.69. The number of nitrogens with one attached hydrogen (secondary N) is 2. The standard InChI is InChI=1S/C13H21N3O3S/c1-3-12(14)9-16-20(18,19)13-6-4-11(5-7-13)8-15-10(2)17/h4-7,12,16H,3,8-9,14H2,1-2H3,(H,15,17). The van der Waals surface area contributed by atoms with Crippen molar-refractivity contribution < 1.29 is 13.2 Å². The average Bonchev–Trinajstić information content (AvgIpc) is 2.43. The summed E-state index contributed by atoms with van der Waals surface area (Å²) < 4.78 is 26.5. The van der Waals surface area contributed by atoms with Crippen LogP contribution in [0.4, 0.5) is 0 Å². The fraction of sp³-hybridized carbons (Fsp3) is 0.462. The maximum absolute atomic E-state index is 12.0. The van der Waals surface area contributed by atoms with Gasteiger partial charge in [-0.15, -0.1) is 0 Å². The molecule has 0 aliphatic carbocycles. The minimum absolute atomic E-state index is 0.128. The van der Waals surface area contributed by atoms with Crippen LogP contribution in [0.15, 0.2) is 29.2 Å². The quantitative estimate of drug-likeness (QED) is 0.675. The number of hydrogen-bond acceptors (Lipinski definition) is 4. The van der Waals surface area contributed by atoms with E-state index in [0.717, 1.165) is 5.56 Å².